The Kier molecular flexibility index (Phi) is 7.96. The molecule has 0 aliphatic rings. The summed E-state index contributed by atoms with van der Waals surface area (Å²) in [5.41, 5.74) is 2.21. The zero-order valence-corrected chi connectivity index (χ0v) is 16.5. The minimum Gasteiger partial charge on any atom is -0.377 e. The Labute approximate surface area is 141 Å². The van der Waals surface area contributed by atoms with Crippen LogP contribution in [0.15, 0.2) is 17.9 Å². The van der Waals surface area contributed by atoms with Crippen molar-refractivity contribution in [2.24, 2.45) is 0 Å². The van der Waals surface area contributed by atoms with E-state index in [2.05, 4.69) is 63.7 Å². The van der Waals surface area contributed by atoms with Crippen LogP contribution in [0, 0.1) is 0 Å². The highest BCUT2D eigenvalue weighted by molar-refractivity contribution is 9.15. The predicted molar refractivity (Wildman–Crippen MR) is 87.9 cm³/mol. The number of halogens is 4. The third-order valence-electron chi connectivity index (χ3n) is 2.37. The lowest BCUT2D eigenvalue weighted by Gasteiger charge is -2.17. The van der Waals surface area contributed by atoms with Gasteiger partial charge in [-0.2, -0.15) is 0 Å². The van der Waals surface area contributed by atoms with Gasteiger partial charge in [0.1, 0.15) is 0 Å². The molecule has 18 heavy (non-hydrogen) atoms. The van der Waals surface area contributed by atoms with Crippen molar-refractivity contribution >= 4 is 63.7 Å². The number of hydrogen-bond acceptors (Lipinski definition) is 2. The lowest BCUT2D eigenvalue weighted by Crippen LogP contribution is -2.04. The summed E-state index contributed by atoms with van der Waals surface area (Å²) in [6.45, 7) is 6.46. The first kappa shape index (κ1) is 17.1. The van der Waals surface area contributed by atoms with Crippen molar-refractivity contribution in [3.8, 4) is 0 Å². The van der Waals surface area contributed by atoms with Crippen LogP contribution in [0.3, 0.4) is 0 Å². The van der Waals surface area contributed by atoms with E-state index in [0.717, 1.165) is 29.0 Å². The van der Waals surface area contributed by atoms with E-state index >= 15 is 0 Å². The van der Waals surface area contributed by atoms with Crippen LogP contribution in [-0.2, 0) is 22.7 Å². The number of rotatable bonds is 6. The normalized spacial score (nSPS) is 11.0. The molecule has 0 fully saturated rings. The van der Waals surface area contributed by atoms with Crippen LogP contribution in [0.2, 0.25) is 0 Å². The Hall–Kier alpha value is 1.06. The fraction of sp³-hybridized carbons (Fsp3) is 0.500. The number of benzene rings is 1. The maximum atomic E-state index is 5.53. The molecule has 0 saturated heterocycles. The van der Waals surface area contributed by atoms with Gasteiger partial charge in [-0.3, -0.25) is 0 Å². The molecule has 0 unspecified atom stereocenters. The van der Waals surface area contributed by atoms with E-state index < -0.39 is 0 Å². The average Bonchev–Trinajstić information content (AvgIpc) is 2.38. The molecule has 0 bridgehead atoms. The molecule has 2 nitrogen and oxygen atoms in total. The highest BCUT2D eigenvalue weighted by atomic mass is 79.9. The monoisotopic (exact) mass is 506 g/mol. The van der Waals surface area contributed by atoms with Crippen molar-refractivity contribution in [1.82, 2.24) is 0 Å². The molecule has 0 amide bonds. The van der Waals surface area contributed by atoms with Crippen LogP contribution in [0.25, 0.3) is 0 Å². The minimum absolute atomic E-state index is 0.559. The summed E-state index contributed by atoms with van der Waals surface area (Å²) >= 11 is 14.3. The van der Waals surface area contributed by atoms with Crippen LogP contribution < -0.4 is 0 Å². The van der Waals surface area contributed by atoms with Gasteiger partial charge in [0, 0.05) is 31.1 Å². The summed E-state index contributed by atoms with van der Waals surface area (Å²) < 4.78 is 15.0. The highest BCUT2D eigenvalue weighted by Gasteiger charge is 2.19. The van der Waals surface area contributed by atoms with Crippen LogP contribution >= 0.6 is 63.7 Å². The molecule has 6 heteroatoms. The van der Waals surface area contributed by atoms with Gasteiger partial charge >= 0.3 is 0 Å². The third-order valence-corrected chi connectivity index (χ3v) is 7.31. The lowest BCUT2D eigenvalue weighted by molar-refractivity contribution is 0.119. The average molecular weight is 510 g/mol. The van der Waals surface area contributed by atoms with E-state index in [9.17, 15) is 0 Å². The van der Waals surface area contributed by atoms with Crippen molar-refractivity contribution in [3.63, 3.8) is 0 Å². The van der Waals surface area contributed by atoms with Crippen molar-refractivity contribution in [2.75, 3.05) is 13.2 Å². The Bertz CT molecular complexity index is 382. The molecule has 0 heterocycles. The van der Waals surface area contributed by atoms with E-state index in [1.807, 2.05) is 13.8 Å². The summed E-state index contributed by atoms with van der Waals surface area (Å²) in [7, 11) is 0. The smallest absolute Gasteiger partial charge is 0.0732 e. The largest absolute Gasteiger partial charge is 0.377 e. The summed E-state index contributed by atoms with van der Waals surface area (Å²) in [6.07, 6.45) is 0. The van der Waals surface area contributed by atoms with Crippen LogP contribution in [0.1, 0.15) is 25.0 Å². The quantitative estimate of drug-likeness (QED) is 0.356. The van der Waals surface area contributed by atoms with Gasteiger partial charge in [-0.1, -0.05) is 0 Å². The Morgan fingerprint density at radius 2 is 1.00 bits per heavy atom. The molecule has 0 atom stereocenters. The molecule has 0 aliphatic carbocycles. The molecule has 0 aliphatic heterocycles. The van der Waals surface area contributed by atoms with Crippen molar-refractivity contribution in [1.29, 1.82) is 0 Å². The van der Waals surface area contributed by atoms with Crippen molar-refractivity contribution < 1.29 is 9.47 Å². The van der Waals surface area contributed by atoms with Crippen LogP contribution in [0.5, 0.6) is 0 Å². The molecule has 1 aromatic rings. The van der Waals surface area contributed by atoms with Gasteiger partial charge in [-0.05, 0) is 88.7 Å². The lowest BCUT2D eigenvalue weighted by atomic mass is 10.1. The molecule has 1 rings (SSSR count). The van der Waals surface area contributed by atoms with E-state index in [1.54, 1.807) is 0 Å². The van der Waals surface area contributed by atoms with Gasteiger partial charge in [-0.15, -0.1) is 0 Å². The van der Waals surface area contributed by atoms with Crippen molar-refractivity contribution in [3.05, 3.63) is 29.0 Å². The summed E-state index contributed by atoms with van der Waals surface area (Å²) in [5, 5.41) is 0. The second kappa shape index (κ2) is 8.37. The Morgan fingerprint density at radius 3 is 1.28 bits per heavy atom. The fourth-order valence-corrected chi connectivity index (χ4v) is 3.94. The number of ether oxygens (including phenoxy) is 2. The van der Waals surface area contributed by atoms with E-state index in [4.69, 9.17) is 9.47 Å². The molecular weight excluding hydrogens is 496 g/mol. The zero-order chi connectivity index (χ0) is 13.7. The second-order valence-corrected chi connectivity index (χ2v) is 6.66. The molecule has 102 valence electrons. The summed E-state index contributed by atoms with van der Waals surface area (Å²) in [5.74, 6) is 0. The van der Waals surface area contributed by atoms with Gasteiger partial charge < -0.3 is 9.47 Å². The molecule has 0 spiro atoms. The molecule has 0 aromatic heterocycles. The van der Waals surface area contributed by atoms with Gasteiger partial charge in [0.15, 0.2) is 0 Å². The maximum absolute atomic E-state index is 5.53. The first-order chi connectivity index (χ1) is 8.54. The van der Waals surface area contributed by atoms with Gasteiger partial charge in [0.05, 0.1) is 13.2 Å². The molecule has 0 N–H and O–H groups in total. The highest BCUT2D eigenvalue weighted by Crippen LogP contribution is 2.42. The van der Waals surface area contributed by atoms with E-state index in [1.165, 1.54) is 0 Å². The summed E-state index contributed by atoms with van der Waals surface area (Å²) in [6, 6.07) is 0. The molecular formula is C12H14Br4O2. The Morgan fingerprint density at radius 1 is 0.667 bits per heavy atom. The third kappa shape index (κ3) is 4.03. The molecule has 0 saturated carbocycles. The predicted octanol–water partition coefficient (Wildman–Crippen LogP) is 5.81. The topological polar surface area (TPSA) is 18.5 Å². The number of hydrogen-bond donors (Lipinski definition) is 0. The SMILES string of the molecule is CCOCc1c(Br)c(Br)c(Br)c(Br)c1COCC. The van der Waals surface area contributed by atoms with Crippen molar-refractivity contribution in [2.45, 2.75) is 27.1 Å². The fourth-order valence-electron chi connectivity index (χ4n) is 1.43. The first-order valence-electron chi connectivity index (χ1n) is 5.53. The Balaban J connectivity index is 3.24. The minimum atomic E-state index is 0.559. The van der Waals surface area contributed by atoms with Gasteiger partial charge in [0.2, 0.25) is 0 Å². The second-order valence-electron chi connectivity index (χ2n) is 3.49. The van der Waals surface area contributed by atoms with Crippen LogP contribution in [0.4, 0.5) is 0 Å². The first-order valence-corrected chi connectivity index (χ1v) is 8.70. The zero-order valence-electron chi connectivity index (χ0n) is 10.2. The van der Waals surface area contributed by atoms with Gasteiger partial charge in [-0.25, -0.2) is 0 Å². The molecule has 1 aromatic carbocycles. The van der Waals surface area contributed by atoms with Crippen LogP contribution in [-0.4, -0.2) is 13.2 Å². The van der Waals surface area contributed by atoms with Gasteiger partial charge in [0.25, 0.3) is 0 Å². The molecule has 0 radical (unpaired) electrons. The van der Waals surface area contributed by atoms with E-state index in [-0.39, 0.29) is 0 Å². The van der Waals surface area contributed by atoms with E-state index in [0.29, 0.717) is 26.4 Å². The maximum Gasteiger partial charge on any atom is 0.0732 e. The standard InChI is InChI=1S/C12H14Br4O2/c1-3-17-5-7-8(6-18-4-2)10(14)12(16)11(15)9(7)13/h3-6H2,1-2H3. The summed E-state index contributed by atoms with van der Waals surface area (Å²) in [4.78, 5) is 0.